The van der Waals surface area contributed by atoms with Gasteiger partial charge in [-0.05, 0) is 91.9 Å². The van der Waals surface area contributed by atoms with Gasteiger partial charge >= 0.3 is 5.97 Å². The summed E-state index contributed by atoms with van der Waals surface area (Å²) in [5, 5.41) is 24.3. The number of hydrogen-bond donors (Lipinski definition) is 2. The number of tetrazole rings is 1. The molecule has 284 valence electrons. The van der Waals surface area contributed by atoms with Crippen molar-refractivity contribution in [2.24, 2.45) is 0 Å². The summed E-state index contributed by atoms with van der Waals surface area (Å²) in [6.45, 7) is 8.39. The maximum atomic E-state index is 14.4. The van der Waals surface area contributed by atoms with E-state index in [1.54, 1.807) is 18.2 Å². The predicted molar refractivity (Wildman–Crippen MR) is 204 cm³/mol. The number of carbonyl (C=O) groups excluding carboxylic acids is 1. The maximum Gasteiger partial charge on any atom is 0.303 e. The van der Waals surface area contributed by atoms with Crippen LogP contribution in [0.25, 0.3) is 16.7 Å². The summed E-state index contributed by atoms with van der Waals surface area (Å²) in [5.41, 5.74) is 4.19. The van der Waals surface area contributed by atoms with Crippen LogP contribution in [0.4, 0.5) is 5.95 Å². The Morgan fingerprint density at radius 1 is 0.981 bits per heavy atom. The number of para-hydroxylation sites is 2. The highest BCUT2D eigenvalue weighted by Crippen LogP contribution is 2.39. The SMILES string of the molecule is CCOCCn1c(NC2CCN(CCC3(c4ccccc4)CCN(C(=O)c4cc(-n5cnnn5)ccc4OCCCC(=O)O)C3)CC2)nc2ccccc21. The second-order valence-corrected chi connectivity index (χ2v) is 14.2. The number of imidazole rings is 1. The van der Waals surface area contributed by atoms with Crippen LogP contribution in [0.15, 0.2) is 79.1 Å². The predicted octanol–water partition coefficient (Wildman–Crippen LogP) is 5.04. The van der Waals surface area contributed by atoms with Crippen molar-refractivity contribution in [3.63, 3.8) is 0 Å². The van der Waals surface area contributed by atoms with E-state index in [0.717, 1.165) is 68.8 Å². The number of carbonyl (C=O) groups is 2. The molecule has 1 atom stereocenters. The van der Waals surface area contributed by atoms with Gasteiger partial charge in [0, 0.05) is 57.2 Å². The van der Waals surface area contributed by atoms with Crippen molar-refractivity contribution in [2.75, 3.05) is 57.9 Å². The minimum absolute atomic E-state index is 0.0104. The molecule has 0 radical (unpaired) electrons. The molecule has 0 aliphatic carbocycles. The number of nitrogens with zero attached hydrogens (tertiary/aromatic N) is 8. The fraction of sp³-hybridized carbons (Fsp3) is 0.450. The number of ether oxygens (including phenoxy) is 2. The van der Waals surface area contributed by atoms with Gasteiger partial charge < -0.3 is 34.3 Å². The Morgan fingerprint density at radius 2 is 1.80 bits per heavy atom. The molecule has 1 unspecified atom stereocenters. The van der Waals surface area contributed by atoms with Crippen molar-refractivity contribution in [1.82, 2.24) is 39.6 Å². The van der Waals surface area contributed by atoms with E-state index < -0.39 is 5.97 Å². The van der Waals surface area contributed by atoms with Gasteiger partial charge in [0.1, 0.15) is 12.1 Å². The summed E-state index contributed by atoms with van der Waals surface area (Å²) in [5.74, 6) is 0.311. The van der Waals surface area contributed by atoms with Crippen LogP contribution < -0.4 is 10.1 Å². The number of anilines is 1. The van der Waals surface area contributed by atoms with Gasteiger partial charge in [0.2, 0.25) is 5.95 Å². The van der Waals surface area contributed by atoms with Crippen LogP contribution in [0, 0.1) is 0 Å². The average molecular weight is 736 g/mol. The molecular formula is C40H49N9O5. The molecular weight excluding hydrogens is 686 g/mol. The number of aliphatic carboxylic acids is 1. The molecule has 5 aromatic rings. The van der Waals surface area contributed by atoms with Gasteiger partial charge in [0.15, 0.2) is 0 Å². The summed E-state index contributed by atoms with van der Waals surface area (Å²) >= 11 is 0. The van der Waals surface area contributed by atoms with Gasteiger partial charge in [-0.2, -0.15) is 0 Å². The number of carboxylic acid groups (broad SMARTS) is 1. The zero-order chi connectivity index (χ0) is 37.3. The van der Waals surface area contributed by atoms with Crippen LogP contribution in [-0.2, 0) is 21.5 Å². The number of nitrogens with one attached hydrogen (secondary N) is 1. The number of fused-ring (bicyclic) bond motifs is 1. The number of likely N-dealkylation sites (tertiary alicyclic amines) is 2. The van der Waals surface area contributed by atoms with Crippen molar-refractivity contribution in [3.8, 4) is 11.4 Å². The molecule has 2 aromatic heterocycles. The number of benzene rings is 3. The number of aromatic nitrogens is 6. The molecule has 7 rings (SSSR count). The van der Waals surface area contributed by atoms with Crippen LogP contribution in [0.5, 0.6) is 5.75 Å². The molecule has 3 aromatic carbocycles. The van der Waals surface area contributed by atoms with Crippen LogP contribution in [-0.4, -0.2) is 115 Å². The van der Waals surface area contributed by atoms with E-state index >= 15 is 0 Å². The van der Waals surface area contributed by atoms with E-state index in [-0.39, 0.29) is 24.3 Å². The minimum atomic E-state index is -0.884. The Labute approximate surface area is 315 Å². The maximum absolute atomic E-state index is 14.4. The average Bonchev–Trinajstić information content (AvgIpc) is 3.97. The fourth-order valence-electron chi connectivity index (χ4n) is 7.80. The molecule has 2 fully saturated rings. The smallest absolute Gasteiger partial charge is 0.303 e. The van der Waals surface area contributed by atoms with Crippen LogP contribution in [0.3, 0.4) is 0 Å². The molecule has 0 bridgehead atoms. The first-order valence-electron chi connectivity index (χ1n) is 19.0. The third kappa shape index (κ3) is 8.55. The first-order chi connectivity index (χ1) is 26.4. The second-order valence-electron chi connectivity index (χ2n) is 14.2. The van der Waals surface area contributed by atoms with E-state index in [1.165, 1.54) is 16.6 Å². The Hall–Kier alpha value is -5.34. The van der Waals surface area contributed by atoms with E-state index in [1.807, 2.05) is 24.0 Å². The fourth-order valence-corrected chi connectivity index (χ4v) is 7.80. The first kappa shape index (κ1) is 37.0. The van der Waals surface area contributed by atoms with Crippen molar-refractivity contribution in [1.29, 1.82) is 0 Å². The molecule has 14 heteroatoms. The summed E-state index contributed by atoms with van der Waals surface area (Å²) in [7, 11) is 0. The summed E-state index contributed by atoms with van der Waals surface area (Å²) in [6, 6.07) is 24.5. The Balaban J connectivity index is 1.02. The Bertz CT molecular complexity index is 2000. The van der Waals surface area contributed by atoms with Gasteiger partial charge in [-0.3, -0.25) is 9.59 Å². The zero-order valence-electron chi connectivity index (χ0n) is 30.8. The number of rotatable bonds is 17. The van der Waals surface area contributed by atoms with Gasteiger partial charge in [-0.25, -0.2) is 9.67 Å². The lowest BCUT2D eigenvalue weighted by Gasteiger charge is -2.36. The molecule has 0 saturated carbocycles. The molecule has 2 N–H and O–H groups in total. The monoisotopic (exact) mass is 735 g/mol. The lowest BCUT2D eigenvalue weighted by atomic mass is 9.76. The van der Waals surface area contributed by atoms with Crippen molar-refractivity contribution in [3.05, 3.63) is 90.3 Å². The number of piperidine rings is 1. The highest BCUT2D eigenvalue weighted by atomic mass is 16.5. The third-order valence-corrected chi connectivity index (χ3v) is 10.8. The summed E-state index contributed by atoms with van der Waals surface area (Å²) in [4.78, 5) is 34.9. The lowest BCUT2D eigenvalue weighted by Crippen LogP contribution is -2.42. The third-order valence-electron chi connectivity index (χ3n) is 10.8. The normalized spacial score (nSPS) is 18.0. The van der Waals surface area contributed by atoms with Crippen LogP contribution in [0.2, 0.25) is 0 Å². The van der Waals surface area contributed by atoms with Gasteiger partial charge in [0.25, 0.3) is 5.91 Å². The number of carboxylic acids is 1. The topological polar surface area (TPSA) is 153 Å². The summed E-state index contributed by atoms with van der Waals surface area (Å²) in [6.07, 6.45) is 5.61. The zero-order valence-corrected chi connectivity index (χ0v) is 30.8. The number of amides is 1. The second kappa shape index (κ2) is 17.2. The standard InChI is InChI=1S/C40H49N9O5/c1-2-53-26-24-48-35-12-7-6-11-34(35)43-39(48)42-31-16-20-46(21-17-31)22-18-40(30-9-4-3-5-10-30)19-23-47(28-40)38(52)33-27-32(49-29-41-44-45-49)14-15-36(33)54-25-8-13-37(50)51/h3-7,9-12,14-15,27,29,31H,2,8,13,16-26,28H2,1H3,(H,42,43)(H,50,51). The highest BCUT2D eigenvalue weighted by molar-refractivity contribution is 5.98. The quantitative estimate of drug-likeness (QED) is 0.124. The van der Waals surface area contributed by atoms with Crippen molar-refractivity contribution >= 4 is 28.9 Å². The molecule has 1 amide bonds. The molecule has 0 spiro atoms. The van der Waals surface area contributed by atoms with Crippen LogP contribution in [0.1, 0.15) is 61.4 Å². The molecule has 2 aliphatic heterocycles. The van der Waals surface area contributed by atoms with Gasteiger partial charge in [0.05, 0.1) is 35.5 Å². The van der Waals surface area contributed by atoms with E-state index in [4.69, 9.17) is 19.6 Å². The van der Waals surface area contributed by atoms with Crippen molar-refractivity contribution in [2.45, 2.75) is 63.5 Å². The highest BCUT2D eigenvalue weighted by Gasteiger charge is 2.42. The molecule has 2 saturated heterocycles. The van der Waals surface area contributed by atoms with Gasteiger partial charge in [-0.1, -0.05) is 42.5 Å². The Morgan fingerprint density at radius 3 is 2.57 bits per heavy atom. The minimum Gasteiger partial charge on any atom is -0.493 e. The molecule has 4 heterocycles. The van der Waals surface area contributed by atoms with Crippen LogP contribution >= 0.6 is 0 Å². The molecule has 14 nitrogen and oxygen atoms in total. The van der Waals surface area contributed by atoms with E-state index in [0.29, 0.717) is 55.8 Å². The van der Waals surface area contributed by atoms with Gasteiger partial charge in [-0.15, -0.1) is 5.10 Å². The van der Waals surface area contributed by atoms with E-state index in [9.17, 15) is 9.59 Å². The summed E-state index contributed by atoms with van der Waals surface area (Å²) < 4.78 is 15.4. The Kier molecular flexibility index (Phi) is 11.8. The van der Waals surface area contributed by atoms with Crippen molar-refractivity contribution < 1.29 is 24.2 Å². The lowest BCUT2D eigenvalue weighted by molar-refractivity contribution is -0.137. The van der Waals surface area contributed by atoms with E-state index in [2.05, 4.69) is 72.8 Å². The molecule has 54 heavy (non-hydrogen) atoms. The largest absolute Gasteiger partial charge is 0.493 e. The molecule has 2 aliphatic rings. The first-order valence-corrected chi connectivity index (χ1v) is 19.0. The number of hydrogen-bond acceptors (Lipinski definition) is 10.